The number of rotatable bonds is 3. The Morgan fingerprint density at radius 3 is 3.07 bits per heavy atom. The van der Waals surface area contributed by atoms with E-state index in [4.69, 9.17) is 5.11 Å². The van der Waals surface area contributed by atoms with E-state index in [1.807, 2.05) is 0 Å². The van der Waals surface area contributed by atoms with Crippen LogP contribution in [-0.4, -0.2) is 26.1 Å². The Labute approximate surface area is 85.6 Å². The molecule has 15 heavy (non-hydrogen) atoms. The number of carboxylic acids is 1. The maximum atomic E-state index is 10.7. The van der Waals surface area contributed by atoms with Gasteiger partial charge in [-0.1, -0.05) is 11.3 Å². The molecule has 0 aliphatic rings. The van der Waals surface area contributed by atoms with Crippen LogP contribution in [0.5, 0.6) is 0 Å². The number of aromatic carboxylic acids is 1. The Kier molecular flexibility index (Phi) is 2.21. The fourth-order valence-electron chi connectivity index (χ4n) is 1.36. The smallest absolute Gasteiger partial charge is 0.335 e. The van der Waals surface area contributed by atoms with Gasteiger partial charge in [0.15, 0.2) is 0 Å². The number of hydrogen-bond donors (Lipinski definition) is 1. The molecule has 0 fully saturated rings. The first kappa shape index (κ1) is 9.39. The summed E-state index contributed by atoms with van der Waals surface area (Å²) in [6.07, 6.45) is 1.71. The summed E-state index contributed by atoms with van der Waals surface area (Å²) in [6, 6.07) is 4.74. The number of nitrogens with zero attached hydrogens (tertiary/aromatic N) is 3. The van der Waals surface area contributed by atoms with E-state index < -0.39 is 5.97 Å². The number of carboxylic acid groups (broad SMARTS) is 1. The van der Waals surface area contributed by atoms with Gasteiger partial charge in [0.05, 0.1) is 17.6 Å². The summed E-state index contributed by atoms with van der Waals surface area (Å²) in [5, 5.41) is 16.6. The number of fused-ring (bicyclic) bond motifs is 1. The summed E-state index contributed by atoms with van der Waals surface area (Å²) in [5.74, 6) is -0.963. The monoisotopic (exact) mass is 203 g/mol. The third kappa shape index (κ3) is 1.59. The third-order valence-electron chi connectivity index (χ3n) is 2.06. The lowest BCUT2D eigenvalue weighted by Crippen LogP contribution is -1.98. The second-order valence-electron chi connectivity index (χ2n) is 3.07. The van der Waals surface area contributed by atoms with Gasteiger partial charge in [-0.25, -0.2) is 9.48 Å². The summed E-state index contributed by atoms with van der Waals surface area (Å²) >= 11 is 0. The molecule has 2 aromatic rings. The number of hydrogen-bond acceptors (Lipinski definition) is 3. The third-order valence-corrected chi connectivity index (χ3v) is 2.06. The van der Waals surface area contributed by atoms with Crippen molar-refractivity contribution in [1.29, 1.82) is 0 Å². The highest BCUT2D eigenvalue weighted by Gasteiger charge is 2.07. The van der Waals surface area contributed by atoms with Crippen LogP contribution in [-0.2, 0) is 6.54 Å². The first-order chi connectivity index (χ1) is 7.22. The van der Waals surface area contributed by atoms with Crippen molar-refractivity contribution in [3.05, 3.63) is 36.4 Å². The van der Waals surface area contributed by atoms with Crippen LogP contribution in [0.3, 0.4) is 0 Å². The molecule has 0 unspecified atom stereocenters. The Balaban J connectivity index is 2.56. The number of allylic oxidation sites excluding steroid dienone is 1. The molecule has 1 heterocycles. The molecule has 0 amide bonds. The van der Waals surface area contributed by atoms with E-state index in [1.54, 1.807) is 16.8 Å². The molecule has 0 saturated carbocycles. The van der Waals surface area contributed by atoms with E-state index in [9.17, 15) is 4.79 Å². The van der Waals surface area contributed by atoms with Crippen LogP contribution in [0.4, 0.5) is 0 Å². The molecule has 5 heteroatoms. The SMILES string of the molecule is C=CCn1nnc2cc(C(=O)O)ccc21. The van der Waals surface area contributed by atoms with Crippen LogP contribution >= 0.6 is 0 Å². The summed E-state index contributed by atoms with van der Waals surface area (Å²) in [4.78, 5) is 10.7. The van der Waals surface area contributed by atoms with Gasteiger partial charge in [0.2, 0.25) is 0 Å². The van der Waals surface area contributed by atoms with Crippen molar-refractivity contribution in [1.82, 2.24) is 15.0 Å². The van der Waals surface area contributed by atoms with Gasteiger partial charge in [0.1, 0.15) is 5.52 Å². The zero-order valence-electron chi connectivity index (χ0n) is 7.92. The molecule has 0 radical (unpaired) electrons. The summed E-state index contributed by atoms with van der Waals surface area (Å²) in [6.45, 7) is 4.16. The summed E-state index contributed by atoms with van der Waals surface area (Å²) in [5.41, 5.74) is 1.60. The quantitative estimate of drug-likeness (QED) is 0.764. The van der Waals surface area contributed by atoms with Gasteiger partial charge in [-0.05, 0) is 18.2 Å². The molecule has 0 aliphatic carbocycles. The Hall–Kier alpha value is -2.17. The molecule has 1 aromatic heterocycles. The van der Waals surface area contributed by atoms with Crippen LogP contribution in [0.1, 0.15) is 10.4 Å². The molecular formula is C10H9N3O2. The molecule has 2 rings (SSSR count). The highest BCUT2D eigenvalue weighted by atomic mass is 16.4. The normalized spacial score (nSPS) is 10.4. The second-order valence-corrected chi connectivity index (χ2v) is 3.07. The van der Waals surface area contributed by atoms with Crippen molar-refractivity contribution in [2.75, 3.05) is 0 Å². The molecule has 0 atom stereocenters. The van der Waals surface area contributed by atoms with Gasteiger partial charge in [-0.3, -0.25) is 0 Å². The van der Waals surface area contributed by atoms with E-state index in [1.165, 1.54) is 12.1 Å². The van der Waals surface area contributed by atoms with Crippen molar-refractivity contribution in [3.63, 3.8) is 0 Å². The molecule has 1 N–H and O–H groups in total. The van der Waals surface area contributed by atoms with Crippen molar-refractivity contribution >= 4 is 17.0 Å². The highest BCUT2D eigenvalue weighted by Crippen LogP contribution is 2.13. The second kappa shape index (κ2) is 3.53. The molecule has 0 spiro atoms. The minimum atomic E-state index is -0.963. The van der Waals surface area contributed by atoms with Crippen LogP contribution in [0.2, 0.25) is 0 Å². The van der Waals surface area contributed by atoms with Crippen LogP contribution in [0, 0.1) is 0 Å². The Morgan fingerprint density at radius 1 is 1.60 bits per heavy atom. The first-order valence-electron chi connectivity index (χ1n) is 4.40. The van der Waals surface area contributed by atoms with Crippen molar-refractivity contribution in [2.24, 2.45) is 0 Å². The van der Waals surface area contributed by atoms with Gasteiger partial charge in [-0.15, -0.1) is 11.7 Å². The van der Waals surface area contributed by atoms with E-state index in [2.05, 4.69) is 16.9 Å². The Morgan fingerprint density at radius 2 is 2.40 bits per heavy atom. The maximum absolute atomic E-state index is 10.7. The Bertz CT molecular complexity index is 530. The zero-order valence-corrected chi connectivity index (χ0v) is 7.92. The molecule has 0 aliphatic heterocycles. The molecule has 1 aromatic carbocycles. The fraction of sp³-hybridized carbons (Fsp3) is 0.100. The van der Waals surface area contributed by atoms with E-state index in [0.29, 0.717) is 12.1 Å². The fourth-order valence-corrected chi connectivity index (χ4v) is 1.36. The molecule has 0 saturated heterocycles. The van der Waals surface area contributed by atoms with Gasteiger partial charge < -0.3 is 5.11 Å². The minimum absolute atomic E-state index is 0.216. The maximum Gasteiger partial charge on any atom is 0.335 e. The average molecular weight is 203 g/mol. The van der Waals surface area contributed by atoms with Crippen LogP contribution in [0.15, 0.2) is 30.9 Å². The van der Waals surface area contributed by atoms with Crippen molar-refractivity contribution in [3.8, 4) is 0 Å². The zero-order chi connectivity index (χ0) is 10.8. The van der Waals surface area contributed by atoms with Crippen molar-refractivity contribution in [2.45, 2.75) is 6.54 Å². The number of carbonyl (C=O) groups is 1. The van der Waals surface area contributed by atoms with E-state index in [-0.39, 0.29) is 5.56 Å². The van der Waals surface area contributed by atoms with E-state index in [0.717, 1.165) is 5.52 Å². The van der Waals surface area contributed by atoms with E-state index >= 15 is 0 Å². The topological polar surface area (TPSA) is 68.0 Å². The van der Waals surface area contributed by atoms with Crippen LogP contribution < -0.4 is 0 Å². The molecule has 0 bridgehead atoms. The lowest BCUT2D eigenvalue weighted by atomic mass is 10.2. The summed E-state index contributed by atoms with van der Waals surface area (Å²) in [7, 11) is 0. The molecular weight excluding hydrogens is 194 g/mol. The number of benzene rings is 1. The molecule has 76 valence electrons. The van der Waals surface area contributed by atoms with Gasteiger partial charge in [0.25, 0.3) is 0 Å². The largest absolute Gasteiger partial charge is 0.478 e. The average Bonchev–Trinajstić information content (AvgIpc) is 2.61. The highest BCUT2D eigenvalue weighted by molar-refractivity contribution is 5.92. The summed E-state index contributed by atoms with van der Waals surface area (Å²) < 4.78 is 1.66. The van der Waals surface area contributed by atoms with Gasteiger partial charge in [-0.2, -0.15) is 0 Å². The van der Waals surface area contributed by atoms with Crippen LogP contribution in [0.25, 0.3) is 11.0 Å². The lowest BCUT2D eigenvalue weighted by molar-refractivity contribution is 0.0697. The first-order valence-corrected chi connectivity index (χ1v) is 4.40. The predicted octanol–water partition coefficient (Wildman–Crippen LogP) is 1.32. The number of aromatic nitrogens is 3. The van der Waals surface area contributed by atoms with Gasteiger partial charge >= 0.3 is 5.97 Å². The minimum Gasteiger partial charge on any atom is -0.478 e. The van der Waals surface area contributed by atoms with Gasteiger partial charge in [0, 0.05) is 0 Å². The lowest BCUT2D eigenvalue weighted by Gasteiger charge is -1.97. The molecule has 5 nitrogen and oxygen atoms in total. The predicted molar refractivity (Wildman–Crippen MR) is 54.7 cm³/mol. The van der Waals surface area contributed by atoms with Crippen molar-refractivity contribution < 1.29 is 9.90 Å². The standard InChI is InChI=1S/C10H9N3O2/c1-2-5-13-9-4-3-7(10(14)15)6-8(9)11-12-13/h2-4,6H,1,5H2,(H,14,15).